The molecule has 5 rings (SSSR count). The van der Waals surface area contributed by atoms with Crippen molar-refractivity contribution >= 4 is 40.6 Å². The number of hydrogen-bond donors (Lipinski definition) is 2. The summed E-state index contributed by atoms with van der Waals surface area (Å²) in [5.74, 6) is -0.114. The molecule has 0 fully saturated rings. The van der Waals surface area contributed by atoms with Crippen molar-refractivity contribution in [3.63, 3.8) is 0 Å². The van der Waals surface area contributed by atoms with Crippen LogP contribution in [0.25, 0.3) is 11.6 Å². The zero-order chi connectivity index (χ0) is 37.7. The van der Waals surface area contributed by atoms with E-state index in [-0.39, 0.29) is 13.2 Å². The Bertz CT molecular complexity index is 1960. The summed E-state index contributed by atoms with van der Waals surface area (Å²) in [5, 5.41) is 19.5. The van der Waals surface area contributed by atoms with Gasteiger partial charge in [-0.05, 0) is 100 Å². The second kappa shape index (κ2) is 18.2. The highest BCUT2D eigenvalue weighted by molar-refractivity contribution is 5.92. The number of nitrogens with zero attached hydrogens (tertiary/aromatic N) is 1. The lowest BCUT2D eigenvalue weighted by atomic mass is 9.95. The van der Waals surface area contributed by atoms with Gasteiger partial charge in [0.15, 0.2) is 0 Å². The molecule has 9 nitrogen and oxygen atoms in total. The van der Waals surface area contributed by atoms with Crippen LogP contribution in [0.1, 0.15) is 41.7 Å². The summed E-state index contributed by atoms with van der Waals surface area (Å²) in [6.45, 7) is 9.95. The number of benzene rings is 5. The number of anilines is 3. The van der Waals surface area contributed by atoms with Gasteiger partial charge < -0.3 is 34.1 Å². The molecule has 2 unspecified atom stereocenters. The molecule has 0 spiro atoms. The number of rotatable bonds is 16. The third-order valence-electron chi connectivity index (χ3n) is 8.02. The van der Waals surface area contributed by atoms with Gasteiger partial charge in [-0.1, -0.05) is 73.8 Å². The summed E-state index contributed by atoms with van der Waals surface area (Å²) in [7, 11) is 0. The van der Waals surface area contributed by atoms with E-state index in [9.17, 15) is 19.8 Å². The first-order chi connectivity index (χ1) is 25.7. The third kappa shape index (κ3) is 10.3. The van der Waals surface area contributed by atoms with Crippen LogP contribution in [0.4, 0.5) is 17.1 Å². The van der Waals surface area contributed by atoms with E-state index in [1.54, 1.807) is 38.1 Å². The van der Waals surface area contributed by atoms with Crippen molar-refractivity contribution in [1.29, 1.82) is 0 Å². The number of carbonyl (C=O) groups excluding carboxylic acids is 2. The quantitative estimate of drug-likeness (QED) is 0.0449. The number of aliphatic hydroxyl groups excluding tert-OH is 2. The molecule has 270 valence electrons. The van der Waals surface area contributed by atoms with Gasteiger partial charge in [-0.25, -0.2) is 9.59 Å². The lowest BCUT2D eigenvalue weighted by Crippen LogP contribution is -2.19. The minimum absolute atomic E-state index is 0.0519. The maximum atomic E-state index is 11.6. The standard InChI is InChI=1S/C44H41NO8/c1-5-43(48)52-30(3)50-40-22-14-35(15-23-40)42(36-16-24-41(25-17-36)51-31(4)53-44(49)6-2)27-32-10-18-37(19-11-32)45(38-20-12-33(28-46)13-21-38)39-9-7-8-34(26-39)29-47/h5-27,30-31,46-47H,1-2,28-29H2,3-4H3. The van der Waals surface area contributed by atoms with Crippen LogP contribution >= 0.6 is 0 Å². The fourth-order valence-corrected chi connectivity index (χ4v) is 5.49. The van der Waals surface area contributed by atoms with Crippen LogP contribution in [-0.4, -0.2) is 34.7 Å². The van der Waals surface area contributed by atoms with Gasteiger partial charge in [0.2, 0.25) is 12.6 Å². The fraction of sp³-hybridized carbons (Fsp3) is 0.136. The molecule has 0 aliphatic carbocycles. The van der Waals surface area contributed by atoms with Crippen LogP contribution in [0, 0.1) is 0 Å². The normalized spacial score (nSPS) is 11.7. The smallest absolute Gasteiger partial charge is 0.333 e. The Labute approximate surface area is 309 Å². The van der Waals surface area contributed by atoms with Gasteiger partial charge in [0.05, 0.1) is 13.2 Å². The maximum Gasteiger partial charge on any atom is 0.333 e. The Kier molecular flexibility index (Phi) is 13.0. The average Bonchev–Trinajstić information content (AvgIpc) is 3.18. The molecule has 0 saturated carbocycles. The predicted octanol–water partition coefficient (Wildman–Crippen LogP) is 8.64. The molecule has 5 aromatic carbocycles. The van der Waals surface area contributed by atoms with Crippen LogP contribution in [-0.2, 0) is 32.3 Å². The zero-order valence-corrected chi connectivity index (χ0v) is 29.6. The summed E-state index contributed by atoms with van der Waals surface area (Å²) >= 11 is 0. The molecule has 53 heavy (non-hydrogen) atoms. The molecule has 9 heteroatoms. The second-order valence-electron chi connectivity index (χ2n) is 11.8. The Balaban J connectivity index is 1.49. The van der Waals surface area contributed by atoms with E-state index in [4.69, 9.17) is 18.9 Å². The van der Waals surface area contributed by atoms with Crippen LogP contribution in [0.15, 0.2) is 147 Å². The first-order valence-electron chi connectivity index (χ1n) is 16.9. The van der Waals surface area contributed by atoms with Crippen molar-refractivity contribution in [3.05, 3.63) is 174 Å². The number of esters is 2. The van der Waals surface area contributed by atoms with Crippen molar-refractivity contribution in [2.45, 2.75) is 39.6 Å². The lowest BCUT2D eigenvalue weighted by molar-refractivity contribution is -0.156. The van der Waals surface area contributed by atoms with Crippen LogP contribution in [0.5, 0.6) is 11.5 Å². The highest BCUT2D eigenvalue weighted by Crippen LogP contribution is 2.36. The van der Waals surface area contributed by atoms with Crippen molar-refractivity contribution in [1.82, 2.24) is 0 Å². The van der Waals surface area contributed by atoms with Gasteiger partial charge in [0.1, 0.15) is 11.5 Å². The Morgan fingerprint density at radius 2 is 1.09 bits per heavy atom. The summed E-state index contributed by atoms with van der Waals surface area (Å²) in [4.78, 5) is 25.3. The zero-order valence-electron chi connectivity index (χ0n) is 29.6. The first-order valence-corrected chi connectivity index (χ1v) is 16.9. The highest BCUT2D eigenvalue weighted by atomic mass is 16.7. The van der Waals surface area contributed by atoms with E-state index in [0.29, 0.717) is 11.5 Å². The molecule has 0 aliphatic heterocycles. The van der Waals surface area contributed by atoms with Crippen molar-refractivity contribution < 1.29 is 38.7 Å². The first kappa shape index (κ1) is 37.8. The van der Waals surface area contributed by atoms with Crippen LogP contribution in [0.3, 0.4) is 0 Å². The fourth-order valence-electron chi connectivity index (χ4n) is 5.49. The van der Waals surface area contributed by atoms with Gasteiger partial charge in [-0.2, -0.15) is 0 Å². The minimum Gasteiger partial charge on any atom is -0.455 e. The molecular weight excluding hydrogens is 670 g/mol. The number of ether oxygens (including phenoxy) is 4. The Hall–Kier alpha value is -6.42. The van der Waals surface area contributed by atoms with E-state index in [1.807, 2.05) is 97.1 Å². The number of hydrogen-bond acceptors (Lipinski definition) is 9. The second-order valence-corrected chi connectivity index (χ2v) is 11.8. The van der Waals surface area contributed by atoms with Gasteiger partial charge in [0, 0.05) is 43.1 Å². The molecular formula is C44H41NO8. The minimum atomic E-state index is -0.807. The van der Waals surface area contributed by atoms with Crippen LogP contribution < -0.4 is 14.4 Å². The van der Waals surface area contributed by atoms with Gasteiger partial charge in [-0.15, -0.1) is 0 Å². The molecule has 0 saturated heterocycles. The van der Waals surface area contributed by atoms with Gasteiger partial charge >= 0.3 is 11.9 Å². The van der Waals surface area contributed by atoms with Crippen LogP contribution in [0.2, 0.25) is 0 Å². The van der Waals surface area contributed by atoms with Crippen molar-refractivity contribution in [3.8, 4) is 11.5 Å². The van der Waals surface area contributed by atoms with Gasteiger partial charge in [-0.3, -0.25) is 0 Å². The summed E-state index contributed by atoms with van der Waals surface area (Å²) < 4.78 is 21.8. The Morgan fingerprint density at radius 3 is 1.55 bits per heavy atom. The summed E-state index contributed by atoms with van der Waals surface area (Å²) in [6, 6.07) is 38.4. The SMILES string of the molecule is C=CC(=O)OC(C)Oc1ccc(C(=Cc2ccc(N(c3ccc(CO)cc3)c3cccc(CO)c3)cc2)c2ccc(OC(C)OC(=O)C=C)cc2)cc1. The molecule has 0 heterocycles. The van der Waals surface area contributed by atoms with E-state index < -0.39 is 24.5 Å². The van der Waals surface area contributed by atoms with Gasteiger partial charge in [0.25, 0.3) is 0 Å². The predicted molar refractivity (Wildman–Crippen MR) is 206 cm³/mol. The maximum absolute atomic E-state index is 11.6. The van der Waals surface area contributed by atoms with Crippen molar-refractivity contribution in [2.24, 2.45) is 0 Å². The molecule has 0 aliphatic rings. The molecule has 2 atom stereocenters. The van der Waals surface area contributed by atoms with E-state index in [1.165, 1.54) is 0 Å². The molecule has 0 aromatic heterocycles. The number of carbonyl (C=O) groups is 2. The molecule has 0 amide bonds. The van der Waals surface area contributed by atoms with E-state index in [2.05, 4.69) is 24.1 Å². The molecule has 0 radical (unpaired) electrons. The Morgan fingerprint density at radius 1 is 0.623 bits per heavy atom. The summed E-state index contributed by atoms with van der Waals surface area (Å²) in [6.07, 6.45) is 2.63. The number of aliphatic hydroxyl groups is 2. The monoisotopic (exact) mass is 711 g/mol. The van der Waals surface area contributed by atoms with Crippen molar-refractivity contribution in [2.75, 3.05) is 4.90 Å². The van der Waals surface area contributed by atoms with E-state index >= 15 is 0 Å². The topological polar surface area (TPSA) is 115 Å². The average molecular weight is 712 g/mol. The van der Waals surface area contributed by atoms with E-state index in [0.717, 1.165) is 62.6 Å². The third-order valence-corrected chi connectivity index (χ3v) is 8.02. The highest BCUT2D eigenvalue weighted by Gasteiger charge is 2.15. The summed E-state index contributed by atoms with van der Waals surface area (Å²) in [5.41, 5.74) is 7.89. The molecule has 5 aromatic rings. The molecule has 2 N–H and O–H groups in total. The lowest BCUT2D eigenvalue weighted by Gasteiger charge is -2.26. The largest absolute Gasteiger partial charge is 0.455 e. The molecule has 0 bridgehead atoms.